The molecule has 2 N–H and O–H groups in total. The van der Waals surface area contributed by atoms with Gasteiger partial charge in [0.2, 0.25) is 10.0 Å². The average Bonchev–Trinajstić information content (AvgIpc) is 2.62. The number of benzene rings is 2. The molecule has 29 heavy (non-hydrogen) atoms. The van der Waals surface area contributed by atoms with Crippen molar-refractivity contribution in [1.29, 1.82) is 0 Å². The first-order valence-electron chi connectivity index (χ1n) is 8.35. The Labute approximate surface area is 171 Å². The molecule has 0 amide bonds. The van der Waals surface area contributed by atoms with E-state index >= 15 is 0 Å². The lowest BCUT2D eigenvalue weighted by Gasteiger charge is -2.31. The van der Waals surface area contributed by atoms with Gasteiger partial charge in [-0.2, -0.15) is 13.1 Å². The number of sulfonamides is 1. The number of aliphatic hydroxyl groups is 2. The lowest BCUT2D eigenvalue weighted by Crippen LogP contribution is -2.47. The number of ether oxygens (including phenoxy) is 1. The van der Waals surface area contributed by atoms with Crippen LogP contribution < -0.4 is 4.74 Å². The van der Waals surface area contributed by atoms with Crippen LogP contribution in [0.15, 0.2) is 47.4 Å². The molecule has 2 rings (SSSR count). The smallest absolute Gasteiger partial charge is 0.387 e. The summed E-state index contributed by atoms with van der Waals surface area (Å²) < 4.78 is 70.0. The Morgan fingerprint density at radius 3 is 2.28 bits per heavy atom. The van der Waals surface area contributed by atoms with Crippen LogP contribution in [0.5, 0.6) is 5.75 Å². The van der Waals surface area contributed by atoms with Gasteiger partial charge in [-0.15, -0.1) is 0 Å². The van der Waals surface area contributed by atoms with E-state index in [1.165, 1.54) is 31.2 Å². The highest BCUT2D eigenvalue weighted by Crippen LogP contribution is 2.26. The van der Waals surface area contributed by atoms with Gasteiger partial charge in [0, 0.05) is 23.2 Å². The first-order valence-corrected chi connectivity index (χ1v) is 10.2. The van der Waals surface area contributed by atoms with Crippen molar-refractivity contribution in [3.05, 3.63) is 58.9 Å². The van der Waals surface area contributed by atoms with E-state index in [9.17, 15) is 31.8 Å². The van der Waals surface area contributed by atoms with Gasteiger partial charge in [-0.1, -0.05) is 17.7 Å². The molecule has 0 saturated carbocycles. The number of aliphatic hydroxyl groups excluding tert-OH is 2. The van der Waals surface area contributed by atoms with Gasteiger partial charge in [-0.05, 0) is 37.3 Å². The number of hydrogen-bond acceptors (Lipinski definition) is 5. The zero-order valence-electron chi connectivity index (χ0n) is 15.2. The summed E-state index contributed by atoms with van der Waals surface area (Å²) in [5.74, 6) is -1.41. The minimum atomic E-state index is -4.28. The van der Waals surface area contributed by atoms with Gasteiger partial charge in [0.25, 0.3) is 0 Å². The molecule has 0 heterocycles. The third-order valence-corrected chi connectivity index (χ3v) is 6.25. The topological polar surface area (TPSA) is 87.1 Å². The van der Waals surface area contributed by atoms with E-state index < -0.39 is 53.5 Å². The molecule has 0 aliphatic heterocycles. The van der Waals surface area contributed by atoms with Crippen molar-refractivity contribution in [3.8, 4) is 5.75 Å². The molecule has 0 radical (unpaired) electrons. The fraction of sp³-hybridized carbons (Fsp3) is 0.333. The van der Waals surface area contributed by atoms with Crippen molar-refractivity contribution < 1.29 is 36.5 Å². The Kier molecular flexibility index (Phi) is 7.89. The first-order chi connectivity index (χ1) is 13.6. The van der Waals surface area contributed by atoms with E-state index in [4.69, 9.17) is 11.6 Å². The number of rotatable bonds is 9. The van der Waals surface area contributed by atoms with E-state index in [2.05, 4.69) is 4.74 Å². The fourth-order valence-electron chi connectivity index (χ4n) is 2.61. The highest BCUT2D eigenvalue weighted by atomic mass is 35.5. The van der Waals surface area contributed by atoms with Crippen molar-refractivity contribution in [2.75, 3.05) is 6.61 Å². The second-order valence-corrected chi connectivity index (χ2v) is 8.45. The van der Waals surface area contributed by atoms with Crippen molar-refractivity contribution >= 4 is 21.6 Å². The van der Waals surface area contributed by atoms with Crippen molar-refractivity contribution in [2.45, 2.75) is 37.1 Å². The highest BCUT2D eigenvalue weighted by Gasteiger charge is 2.34. The second-order valence-electron chi connectivity index (χ2n) is 6.13. The predicted molar refractivity (Wildman–Crippen MR) is 99.8 cm³/mol. The molecule has 1 unspecified atom stereocenters. The van der Waals surface area contributed by atoms with Gasteiger partial charge < -0.3 is 14.9 Å². The summed E-state index contributed by atoms with van der Waals surface area (Å²) in [6, 6.07) is 6.73. The Bertz CT molecular complexity index is 926. The fourth-order valence-corrected chi connectivity index (χ4v) is 4.39. The Balaban J connectivity index is 2.45. The lowest BCUT2D eigenvalue weighted by atomic mass is 10.1. The Hall–Kier alpha value is -1.85. The van der Waals surface area contributed by atoms with E-state index in [0.717, 1.165) is 16.4 Å². The minimum Gasteiger partial charge on any atom is -0.435 e. The Morgan fingerprint density at radius 1 is 1.17 bits per heavy atom. The van der Waals surface area contributed by atoms with Crippen LogP contribution in [0.1, 0.15) is 12.5 Å². The second kappa shape index (κ2) is 9.77. The summed E-state index contributed by atoms with van der Waals surface area (Å²) in [6.45, 7) is -3.17. The van der Waals surface area contributed by atoms with Gasteiger partial charge >= 0.3 is 6.61 Å². The molecule has 0 aliphatic carbocycles. The Morgan fingerprint density at radius 2 is 1.79 bits per heavy atom. The van der Waals surface area contributed by atoms with E-state index in [0.29, 0.717) is 11.1 Å². The summed E-state index contributed by atoms with van der Waals surface area (Å²) >= 11 is 5.78. The number of hydrogen-bond donors (Lipinski definition) is 2. The molecule has 0 bridgehead atoms. The summed E-state index contributed by atoms with van der Waals surface area (Å²) in [5, 5.41) is 19.9. The van der Waals surface area contributed by atoms with Crippen LogP contribution in [-0.4, -0.2) is 48.3 Å². The standard InChI is InChI=1S/C18H19ClF3NO5S/c1-11(25)17(10-24)23(29(26,27)15-6-3-13(19)4-7-15)9-12-2-5-14(8-16(12)20)28-18(21)22/h2-8,11,17-18,24-25H,9-10H2,1H3/t11-,17?/m0/s1. The monoisotopic (exact) mass is 453 g/mol. The van der Waals surface area contributed by atoms with Crippen LogP contribution >= 0.6 is 11.6 Å². The molecule has 0 fully saturated rings. The molecule has 2 atom stereocenters. The number of halogens is 4. The SMILES string of the molecule is C[C@H](O)C(CO)N(Cc1ccc(OC(F)F)cc1F)S(=O)(=O)c1ccc(Cl)cc1. The molecule has 2 aromatic carbocycles. The maximum atomic E-state index is 14.4. The largest absolute Gasteiger partial charge is 0.435 e. The van der Waals surface area contributed by atoms with Crippen LogP contribution in [0.4, 0.5) is 13.2 Å². The van der Waals surface area contributed by atoms with Gasteiger partial charge in [-0.3, -0.25) is 0 Å². The van der Waals surface area contributed by atoms with E-state index in [-0.39, 0.29) is 10.5 Å². The number of alkyl halides is 2. The van der Waals surface area contributed by atoms with Gasteiger partial charge in [0.05, 0.1) is 23.6 Å². The summed E-state index contributed by atoms with van der Waals surface area (Å²) in [7, 11) is -4.28. The quantitative estimate of drug-likeness (QED) is 0.609. The minimum absolute atomic E-state index is 0.164. The number of nitrogens with zero attached hydrogens (tertiary/aromatic N) is 1. The molecular weight excluding hydrogens is 435 g/mol. The van der Waals surface area contributed by atoms with Gasteiger partial charge in [0.1, 0.15) is 11.6 Å². The van der Waals surface area contributed by atoms with Crippen LogP contribution in [0.3, 0.4) is 0 Å². The maximum absolute atomic E-state index is 14.4. The summed E-state index contributed by atoms with van der Waals surface area (Å²) in [6.07, 6.45) is -1.29. The van der Waals surface area contributed by atoms with Crippen molar-refractivity contribution in [1.82, 2.24) is 4.31 Å². The highest BCUT2D eigenvalue weighted by molar-refractivity contribution is 7.89. The molecule has 11 heteroatoms. The molecule has 6 nitrogen and oxygen atoms in total. The summed E-state index contributed by atoms with van der Waals surface area (Å²) in [5.41, 5.74) is -0.164. The van der Waals surface area contributed by atoms with E-state index in [1.54, 1.807) is 0 Å². The normalized spacial score (nSPS) is 14.2. The zero-order valence-corrected chi connectivity index (χ0v) is 16.7. The third-order valence-electron chi connectivity index (χ3n) is 4.11. The van der Waals surface area contributed by atoms with Crippen LogP contribution in [0, 0.1) is 5.82 Å². The third kappa shape index (κ3) is 5.83. The average molecular weight is 454 g/mol. The van der Waals surface area contributed by atoms with Crippen LogP contribution in [0.2, 0.25) is 5.02 Å². The van der Waals surface area contributed by atoms with E-state index in [1.807, 2.05) is 0 Å². The van der Waals surface area contributed by atoms with Gasteiger partial charge in [0.15, 0.2) is 0 Å². The molecule has 0 spiro atoms. The van der Waals surface area contributed by atoms with Crippen LogP contribution in [-0.2, 0) is 16.6 Å². The molecular formula is C18H19ClF3NO5S. The predicted octanol–water partition coefficient (Wildman–Crippen LogP) is 3.01. The summed E-state index contributed by atoms with van der Waals surface area (Å²) in [4.78, 5) is -0.181. The van der Waals surface area contributed by atoms with Crippen molar-refractivity contribution in [2.24, 2.45) is 0 Å². The molecule has 0 aliphatic rings. The zero-order chi connectivity index (χ0) is 21.8. The van der Waals surface area contributed by atoms with Gasteiger partial charge in [-0.25, -0.2) is 12.8 Å². The lowest BCUT2D eigenvalue weighted by molar-refractivity contribution is -0.0500. The maximum Gasteiger partial charge on any atom is 0.387 e. The molecule has 0 saturated heterocycles. The van der Waals surface area contributed by atoms with Crippen molar-refractivity contribution in [3.63, 3.8) is 0 Å². The molecule has 160 valence electrons. The first kappa shape index (κ1) is 23.4. The van der Waals surface area contributed by atoms with Crippen LogP contribution in [0.25, 0.3) is 0 Å². The molecule has 2 aromatic rings. The molecule has 0 aromatic heterocycles.